The molecule has 0 spiro atoms. The van der Waals surface area contributed by atoms with Crippen molar-refractivity contribution in [3.8, 4) is 0 Å². The largest absolute Gasteiger partial charge is 0.331 e. The van der Waals surface area contributed by atoms with Crippen LogP contribution in [0.3, 0.4) is 0 Å². The molecule has 1 aliphatic heterocycles. The van der Waals surface area contributed by atoms with Gasteiger partial charge in [0, 0.05) is 12.6 Å². The molecule has 23 heavy (non-hydrogen) atoms. The molecule has 1 N–H and O–H groups in total. The Morgan fingerprint density at radius 3 is 2.87 bits per heavy atom. The van der Waals surface area contributed by atoms with E-state index in [1.54, 1.807) is 0 Å². The molecule has 7 heteroatoms. The van der Waals surface area contributed by atoms with Crippen molar-refractivity contribution in [2.45, 2.75) is 77.4 Å². The minimum atomic E-state index is 0.0313. The van der Waals surface area contributed by atoms with E-state index in [4.69, 9.17) is 0 Å². The van der Waals surface area contributed by atoms with Crippen molar-refractivity contribution in [1.29, 1.82) is 0 Å². The number of tetrazole rings is 1. The highest BCUT2D eigenvalue weighted by Crippen LogP contribution is 2.34. The molecule has 3 rings (SSSR count). The van der Waals surface area contributed by atoms with Crippen molar-refractivity contribution in [1.82, 2.24) is 30.4 Å². The van der Waals surface area contributed by atoms with Crippen molar-refractivity contribution in [3.05, 3.63) is 5.82 Å². The molecule has 0 bridgehead atoms. The highest BCUT2D eigenvalue weighted by molar-refractivity contribution is 5.74. The quantitative estimate of drug-likeness (QED) is 0.874. The molecule has 2 fully saturated rings. The normalized spacial score (nSPS) is 21.7. The lowest BCUT2D eigenvalue weighted by Gasteiger charge is -2.36. The van der Waals surface area contributed by atoms with E-state index in [1.165, 1.54) is 12.8 Å². The molecule has 2 aliphatic rings. The lowest BCUT2D eigenvalue weighted by molar-refractivity contribution is 0.142. The first kappa shape index (κ1) is 16.2. The minimum Gasteiger partial charge on any atom is -0.331 e. The molecule has 1 saturated heterocycles. The summed E-state index contributed by atoms with van der Waals surface area (Å²) in [6.07, 6.45) is 8.00. The van der Waals surface area contributed by atoms with Crippen molar-refractivity contribution in [2.24, 2.45) is 5.92 Å². The Bertz CT molecular complexity index is 524. The van der Waals surface area contributed by atoms with Crippen LogP contribution in [0.1, 0.15) is 70.7 Å². The number of piperidine rings is 1. The fourth-order valence-electron chi connectivity index (χ4n) is 3.28. The van der Waals surface area contributed by atoms with Gasteiger partial charge in [0.2, 0.25) is 0 Å². The Morgan fingerprint density at radius 2 is 2.13 bits per heavy atom. The average Bonchev–Trinajstić information content (AvgIpc) is 3.29. The summed E-state index contributed by atoms with van der Waals surface area (Å²) in [4.78, 5) is 14.6. The molecule has 7 nitrogen and oxygen atoms in total. The first-order chi connectivity index (χ1) is 11.1. The maximum atomic E-state index is 12.6. The molecule has 0 aromatic carbocycles. The maximum Gasteiger partial charge on any atom is 0.318 e. The summed E-state index contributed by atoms with van der Waals surface area (Å²) < 4.78 is 1.85. The number of aromatic nitrogens is 4. The number of nitrogens with one attached hydrogen (secondary N) is 1. The number of likely N-dealkylation sites (tertiary alicyclic amines) is 1. The van der Waals surface area contributed by atoms with Crippen LogP contribution in [0.4, 0.5) is 4.79 Å². The van der Waals surface area contributed by atoms with Crippen LogP contribution in [0.5, 0.6) is 0 Å². The van der Waals surface area contributed by atoms with Crippen molar-refractivity contribution in [2.75, 3.05) is 6.54 Å². The molecule has 1 unspecified atom stereocenters. The topological polar surface area (TPSA) is 75.9 Å². The van der Waals surface area contributed by atoms with Gasteiger partial charge >= 0.3 is 6.03 Å². The minimum absolute atomic E-state index is 0.0313. The van der Waals surface area contributed by atoms with E-state index in [1.807, 2.05) is 9.58 Å². The van der Waals surface area contributed by atoms with Crippen molar-refractivity contribution in [3.63, 3.8) is 0 Å². The Labute approximate surface area is 137 Å². The predicted molar refractivity (Wildman–Crippen MR) is 86.7 cm³/mol. The number of carbonyl (C=O) groups is 1. The third kappa shape index (κ3) is 4.20. The van der Waals surface area contributed by atoms with Gasteiger partial charge in [0.05, 0.1) is 12.6 Å². The Hall–Kier alpha value is -1.66. The van der Waals surface area contributed by atoms with Crippen LogP contribution in [-0.2, 0) is 6.54 Å². The lowest BCUT2D eigenvalue weighted by atomic mass is 9.95. The first-order valence-electron chi connectivity index (χ1n) is 8.96. The maximum absolute atomic E-state index is 12.6. The second-order valence-corrected chi connectivity index (χ2v) is 7.24. The van der Waals surface area contributed by atoms with Gasteiger partial charge in [0.1, 0.15) is 0 Å². The molecule has 1 aliphatic carbocycles. The number of hydrogen-bond donors (Lipinski definition) is 1. The summed E-state index contributed by atoms with van der Waals surface area (Å²) in [7, 11) is 0. The lowest BCUT2D eigenvalue weighted by Crippen LogP contribution is -2.48. The molecular formula is C16H28N6O. The van der Waals surface area contributed by atoms with Gasteiger partial charge in [-0.2, -0.15) is 0 Å². The summed E-state index contributed by atoms with van der Waals surface area (Å²) in [6.45, 7) is 5.76. The number of amides is 2. The van der Waals surface area contributed by atoms with Crippen LogP contribution in [0.25, 0.3) is 0 Å². The van der Waals surface area contributed by atoms with Gasteiger partial charge in [-0.1, -0.05) is 13.8 Å². The van der Waals surface area contributed by atoms with Crippen LogP contribution in [0.2, 0.25) is 0 Å². The Balaban J connectivity index is 1.53. The number of nitrogens with zero attached hydrogens (tertiary/aromatic N) is 5. The van der Waals surface area contributed by atoms with E-state index >= 15 is 0 Å². The monoisotopic (exact) mass is 320 g/mol. The molecule has 0 radical (unpaired) electrons. The van der Waals surface area contributed by atoms with Gasteiger partial charge in [-0.15, -0.1) is 5.10 Å². The highest BCUT2D eigenvalue weighted by atomic mass is 16.2. The van der Waals surface area contributed by atoms with Crippen LogP contribution in [-0.4, -0.2) is 43.7 Å². The molecule has 1 aromatic rings. The Kier molecular flexibility index (Phi) is 5.13. The van der Waals surface area contributed by atoms with Gasteiger partial charge in [0.15, 0.2) is 5.82 Å². The van der Waals surface area contributed by atoms with Crippen LogP contribution in [0.15, 0.2) is 0 Å². The van der Waals surface area contributed by atoms with Crippen LogP contribution < -0.4 is 5.32 Å². The number of rotatable bonds is 6. The SMILES string of the molecule is CC(C)CCC1CCCCN1C(=O)NCc1nnnn1C1CC1. The smallest absolute Gasteiger partial charge is 0.318 e. The summed E-state index contributed by atoms with van der Waals surface area (Å²) in [5, 5.41) is 14.8. The van der Waals surface area contributed by atoms with E-state index in [9.17, 15) is 4.79 Å². The van der Waals surface area contributed by atoms with Gasteiger partial charge in [-0.3, -0.25) is 0 Å². The van der Waals surface area contributed by atoms with Crippen molar-refractivity contribution < 1.29 is 4.79 Å². The molecule has 2 heterocycles. The summed E-state index contributed by atoms with van der Waals surface area (Å²) in [6, 6.07) is 0.847. The van der Waals surface area contributed by atoms with E-state index < -0.39 is 0 Å². The van der Waals surface area contributed by atoms with E-state index in [0.29, 0.717) is 24.5 Å². The molecule has 128 valence electrons. The fourth-order valence-corrected chi connectivity index (χ4v) is 3.28. The van der Waals surface area contributed by atoms with E-state index in [-0.39, 0.29) is 6.03 Å². The number of carbonyl (C=O) groups excluding carboxylic acids is 1. The standard InChI is InChI=1S/C16H28N6O/c1-12(2)6-7-13-5-3-4-10-21(13)16(23)17-11-15-18-19-20-22(15)14-8-9-14/h12-14H,3-11H2,1-2H3,(H,17,23). The zero-order valence-corrected chi connectivity index (χ0v) is 14.2. The number of hydrogen-bond acceptors (Lipinski definition) is 4. The molecule has 2 amide bonds. The summed E-state index contributed by atoms with van der Waals surface area (Å²) in [5.41, 5.74) is 0. The predicted octanol–water partition coefficient (Wildman–Crippen LogP) is 2.51. The van der Waals surface area contributed by atoms with Gasteiger partial charge in [-0.25, -0.2) is 9.48 Å². The third-order valence-corrected chi connectivity index (χ3v) is 4.82. The fraction of sp³-hybridized carbons (Fsp3) is 0.875. The van der Waals surface area contributed by atoms with Gasteiger partial charge in [0.25, 0.3) is 0 Å². The third-order valence-electron chi connectivity index (χ3n) is 4.82. The first-order valence-corrected chi connectivity index (χ1v) is 8.96. The summed E-state index contributed by atoms with van der Waals surface area (Å²) >= 11 is 0. The summed E-state index contributed by atoms with van der Waals surface area (Å²) in [5.74, 6) is 1.45. The second-order valence-electron chi connectivity index (χ2n) is 7.24. The zero-order valence-electron chi connectivity index (χ0n) is 14.2. The zero-order chi connectivity index (χ0) is 16.2. The second kappa shape index (κ2) is 7.27. The van der Waals surface area contributed by atoms with Gasteiger partial charge < -0.3 is 10.2 Å². The molecule has 1 aromatic heterocycles. The van der Waals surface area contributed by atoms with Gasteiger partial charge in [-0.05, 0) is 61.3 Å². The number of urea groups is 1. The molecule has 1 atom stereocenters. The van der Waals surface area contributed by atoms with Crippen molar-refractivity contribution >= 4 is 6.03 Å². The van der Waals surface area contributed by atoms with Crippen LogP contribution in [0, 0.1) is 5.92 Å². The van der Waals surface area contributed by atoms with Crippen LogP contribution >= 0.6 is 0 Å². The molecule has 1 saturated carbocycles. The Morgan fingerprint density at radius 1 is 1.30 bits per heavy atom. The van der Waals surface area contributed by atoms with E-state index in [0.717, 1.165) is 44.5 Å². The average molecular weight is 320 g/mol. The van der Waals surface area contributed by atoms with E-state index in [2.05, 4.69) is 34.7 Å². The highest BCUT2D eigenvalue weighted by Gasteiger charge is 2.29. The molecular weight excluding hydrogens is 292 g/mol.